The number of nitrogens with one attached hydrogen (secondary N) is 1. The summed E-state index contributed by atoms with van der Waals surface area (Å²) in [7, 11) is 0. The van der Waals surface area contributed by atoms with Gasteiger partial charge in [-0.2, -0.15) is 0 Å². The van der Waals surface area contributed by atoms with Crippen LogP contribution in [0.3, 0.4) is 0 Å². The van der Waals surface area contributed by atoms with E-state index in [1.54, 1.807) is 24.5 Å². The fourth-order valence-electron chi connectivity index (χ4n) is 2.01. The molecule has 0 bridgehead atoms. The summed E-state index contributed by atoms with van der Waals surface area (Å²) in [6.07, 6.45) is 1.75. The molecule has 0 aliphatic carbocycles. The number of carbonyl (C=O) groups is 1. The molecule has 2 heterocycles. The Hall–Kier alpha value is -2.79. The highest BCUT2D eigenvalue weighted by Crippen LogP contribution is 2.28. The molecule has 4 nitrogen and oxygen atoms in total. The SMILES string of the molecule is C=C(C)C(=O)Nc1cccc(-c2csc(-c3ccccn3)n2)c1. The molecule has 0 spiro atoms. The second kappa shape index (κ2) is 6.54. The number of rotatable bonds is 4. The highest BCUT2D eigenvalue weighted by Gasteiger charge is 2.09. The van der Waals surface area contributed by atoms with Crippen molar-refractivity contribution in [2.45, 2.75) is 6.92 Å². The van der Waals surface area contributed by atoms with Gasteiger partial charge in [0.25, 0.3) is 5.91 Å². The Morgan fingerprint density at radius 3 is 2.78 bits per heavy atom. The maximum Gasteiger partial charge on any atom is 0.250 e. The molecule has 1 N–H and O–H groups in total. The monoisotopic (exact) mass is 321 g/mol. The van der Waals surface area contributed by atoms with Gasteiger partial charge in [0, 0.05) is 28.4 Å². The van der Waals surface area contributed by atoms with Crippen LogP contribution in [0.5, 0.6) is 0 Å². The molecule has 0 unspecified atom stereocenters. The van der Waals surface area contributed by atoms with Crippen molar-refractivity contribution in [3.63, 3.8) is 0 Å². The van der Waals surface area contributed by atoms with Gasteiger partial charge in [-0.15, -0.1) is 11.3 Å². The molecule has 23 heavy (non-hydrogen) atoms. The van der Waals surface area contributed by atoms with Gasteiger partial charge < -0.3 is 5.32 Å². The molecule has 5 heteroatoms. The van der Waals surface area contributed by atoms with Crippen LogP contribution in [0.1, 0.15) is 6.92 Å². The van der Waals surface area contributed by atoms with E-state index in [4.69, 9.17) is 0 Å². The second-order valence-electron chi connectivity index (χ2n) is 5.07. The van der Waals surface area contributed by atoms with Crippen LogP contribution in [0.2, 0.25) is 0 Å². The third kappa shape index (κ3) is 3.52. The minimum Gasteiger partial charge on any atom is -0.322 e. The number of pyridine rings is 1. The molecule has 0 radical (unpaired) electrons. The molecule has 0 aliphatic rings. The fraction of sp³-hybridized carbons (Fsp3) is 0.0556. The topological polar surface area (TPSA) is 54.9 Å². The average Bonchev–Trinajstić information content (AvgIpc) is 3.06. The highest BCUT2D eigenvalue weighted by atomic mass is 32.1. The summed E-state index contributed by atoms with van der Waals surface area (Å²) in [6.45, 7) is 5.32. The van der Waals surface area contributed by atoms with E-state index in [1.165, 1.54) is 0 Å². The van der Waals surface area contributed by atoms with Gasteiger partial charge in [0.05, 0.1) is 11.4 Å². The molecule has 0 fully saturated rings. The van der Waals surface area contributed by atoms with E-state index in [0.717, 1.165) is 27.6 Å². The summed E-state index contributed by atoms with van der Waals surface area (Å²) < 4.78 is 0. The Morgan fingerprint density at radius 2 is 2.04 bits per heavy atom. The third-order valence-electron chi connectivity index (χ3n) is 3.19. The van der Waals surface area contributed by atoms with Gasteiger partial charge in [0.2, 0.25) is 0 Å². The molecular formula is C18H15N3OS. The van der Waals surface area contributed by atoms with E-state index in [9.17, 15) is 4.79 Å². The van der Waals surface area contributed by atoms with E-state index >= 15 is 0 Å². The molecular weight excluding hydrogens is 306 g/mol. The standard InChI is InChI=1S/C18H15N3OS/c1-12(2)17(22)20-14-7-5-6-13(10-14)16-11-23-18(21-16)15-8-3-4-9-19-15/h3-11H,1H2,2H3,(H,20,22). The van der Waals surface area contributed by atoms with Gasteiger partial charge in [0.15, 0.2) is 0 Å². The first-order chi connectivity index (χ1) is 11.1. The quantitative estimate of drug-likeness (QED) is 0.725. The smallest absolute Gasteiger partial charge is 0.250 e. The van der Waals surface area contributed by atoms with Gasteiger partial charge >= 0.3 is 0 Å². The predicted octanol–water partition coefficient (Wildman–Crippen LogP) is 4.39. The second-order valence-corrected chi connectivity index (χ2v) is 5.93. The summed E-state index contributed by atoms with van der Waals surface area (Å²) in [5, 5.41) is 5.68. The number of thiazole rings is 1. The van der Waals surface area contributed by atoms with Crippen LogP contribution >= 0.6 is 11.3 Å². The minimum absolute atomic E-state index is 0.186. The Morgan fingerprint density at radius 1 is 1.17 bits per heavy atom. The van der Waals surface area contributed by atoms with Crippen LogP contribution in [0.4, 0.5) is 5.69 Å². The van der Waals surface area contributed by atoms with Crippen LogP contribution in [-0.4, -0.2) is 15.9 Å². The first-order valence-corrected chi connectivity index (χ1v) is 7.95. The van der Waals surface area contributed by atoms with Crippen LogP contribution in [0.25, 0.3) is 22.0 Å². The lowest BCUT2D eigenvalue weighted by Gasteiger charge is -2.06. The number of carbonyl (C=O) groups excluding carboxylic acids is 1. The maximum absolute atomic E-state index is 11.7. The van der Waals surface area contributed by atoms with Crippen LogP contribution in [0.15, 0.2) is 66.2 Å². The van der Waals surface area contributed by atoms with Crippen LogP contribution in [0, 0.1) is 0 Å². The molecule has 114 valence electrons. The normalized spacial score (nSPS) is 10.3. The number of hydrogen-bond acceptors (Lipinski definition) is 4. The molecule has 0 aliphatic heterocycles. The van der Waals surface area contributed by atoms with Crippen molar-refractivity contribution in [3.05, 3.63) is 66.2 Å². The van der Waals surface area contributed by atoms with Crippen molar-refractivity contribution in [1.29, 1.82) is 0 Å². The van der Waals surface area contributed by atoms with Crippen molar-refractivity contribution in [2.24, 2.45) is 0 Å². The van der Waals surface area contributed by atoms with Gasteiger partial charge in [-0.1, -0.05) is 24.8 Å². The fourth-order valence-corrected chi connectivity index (χ4v) is 2.81. The summed E-state index contributed by atoms with van der Waals surface area (Å²) in [6, 6.07) is 13.4. The first-order valence-electron chi connectivity index (χ1n) is 7.08. The number of anilines is 1. The lowest BCUT2D eigenvalue weighted by Crippen LogP contribution is -2.11. The van der Waals surface area contributed by atoms with Crippen LogP contribution in [-0.2, 0) is 4.79 Å². The lowest BCUT2D eigenvalue weighted by atomic mass is 10.1. The molecule has 1 aromatic carbocycles. The summed E-state index contributed by atoms with van der Waals surface area (Å²) in [5.41, 5.74) is 3.87. The average molecular weight is 321 g/mol. The van der Waals surface area contributed by atoms with E-state index in [-0.39, 0.29) is 5.91 Å². The lowest BCUT2D eigenvalue weighted by molar-refractivity contribution is -0.112. The number of aromatic nitrogens is 2. The Balaban J connectivity index is 1.87. The summed E-state index contributed by atoms with van der Waals surface area (Å²) >= 11 is 1.55. The molecule has 0 saturated carbocycles. The Labute approximate surface area is 138 Å². The zero-order chi connectivity index (χ0) is 16.2. The van der Waals surface area contributed by atoms with Gasteiger partial charge in [-0.25, -0.2) is 4.98 Å². The molecule has 0 atom stereocenters. The van der Waals surface area contributed by atoms with Crippen molar-refractivity contribution in [2.75, 3.05) is 5.32 Å². The number of benzene rings is 1. The van der Waals surface area contributed by atoms with E-state index in [0.29, 0.717) is 5.57 Å². The Bertz CT molecular complexity index is 855. The molecule has 3 rings (SSSR count). The number of hydrogen-bond donors (Lipinski definition) is 1. The van der Waals surface area contributed by atoms with Gasteiger partial charge in [0.1, 0.15) is 5.01 Å². The zero-order valence-corrected chi connectivity index (χ0v) is 13.4. The van der Waals surface area contributed by atoms with Gasteiger partial charge in [-0.05, 0) is 31.2 Å². The largest absolute Gasteiger partial charge is 0.322 e. The van der Waals surface area contributed by atoms with Crippen LogP contribution < -0.4 is 5.32 Å². The first kappa shape index (κ1) is 15.1. The van der Waals surface area contributed by atoms with E-state index in [2.05, 4.69) is 21.9 Å². The van der Waals surface area contributed by atoms with Crippen molar-refractivity contribution >= 4 is 22.9 Å². The summed E-state index contributed by atoms with van der Waals surface area (Å²) in [5.74, 6) is -0.186. The van der Waals surface area contributed by atoms with E-state index in [1.807, 2.05) is 47.8 Å². The zero-order valence-electron chi connectivity index (χ0n) is 12.6. The summed E-state index contributed by atoms with van der Waals surface area (Å²) in [4.78, 5) is 20.7. The van der Waals surface area contributed by atoms with Crippen molar-refractivity contribution in [3.8, 4) is 22.0 Å². The molecule has 0 saturated heterocycles. The predicted molar refractivity (Wildman–Crippen MR) is 94.2 cm³/mol. The van der Waals surface area contributed by atoms with Crippen molar-refractivity contribution in [1.82, 2.24) is 9.97 Å². The highest BCUT2D eigenvalue weighted by molar-refractivity contribution is 7.13. The molecule has 3 aromatic rings. The third-order valence-corrected chi connectivity index (χ3v) is 4.06. The number of amides is 1. The maximum atomic E-state index is 11.7. The minimum atomic E-state index is -0.186. The number of nitrogens with zero attached hydrogens (tertiary/aromatic N) is 2. The Kier molecular flexibility index (Phi) is 4.30. The van der Waals surface area contributed by atoms with Crippen molar-refractivity contribution < 1.29 is 4.79 Å². The molecule has 1 amide bonds. The molecule has 2 aromatic heterocycles. The van der Waals surface area contributed by atoms with E-state index < -0.39 is 0 Å². The van der Waals surface area contributed by atoms with Gasteiger partial charge in [-0.3, -0.25) is 9.78 Å².